The highest BCUT2D eigenvalue weighted by Crippen LogP contribution is 2.17. The molecule has 3 heteroatoms. The first-order valence-electron chi connectivity index (χ1n) is 9.91. The zero-order chi connectivity index (χ0) is 19.3. The molecule has 0 aliphatic heterocycles. The van der Waals surface area contributed by atoms with Crippen LogP contribution in [0, 0.1) is 0 Å². The SMILES string of the molecule is c1ccc(CCNC(CSCc2ccccc2)CSCc2ccccc2)cc1. The third-order valence-electron chi connectivity index (χ3n) is 4.55. The molecule has 0 bridgehead atoms. The maximum atomic E-state index is 3.80. The van der Waals surface area contributed by atoms with E-state index < -0.39 is 0 Å². The van der Waals surface area contributed by atoms with Crippen LogP contribution in [0.4, 0.5) is 0 Å². The number of hydrogen-bond donors (Lipinski definition) is 1. The van der Waals surface area contributed by atoms with Crippen molar-refractivity contribution in [3.8, 4) is 0 Å². The molecular weight excluding hydrogens is 378 g/mol. The lowest BCUT2D eigenvalue weighted by molar-refractivity contribution is 0.603. The molecule has 1 nitrogen and oxygen atoms in total. The van der Waals surface area contributed by atoms with Gasteiger partial charge in [0.2, 0.25) is 0 Å². The summed E-state index contributed by atoms with van der Waals surface area (Å²) in [4.78, 5) is 0. The minimum Gasteiger partial charge on any atom is -0.312 e. The molecular formula is C25H29NS2. The summed E-state index contributed by atoms with van der Waals surface area (Å²) in [5, 5.41) is 3.80. The fourth-order valence-corrected chi connectivity index (χ4v) is 5.30. The molecule has 3 aromatic carbocycles. The molecule has 28 heavy (non-hydrogen) atoms. The Balaban J connectivity index is 1.44. The molecule has 0 fully saturated rings. The number of hydrogen-bond acceptors (Lipinski definition) is 3. The van der Waals surface area contributed by atoms with Gasteiger partial charge in [0, 0.05) is 29.1 Å². The first-order chi connectivity index (χ1) is 13.9. The quantitative estimate of drug-likeness (QED) is 0.392. The van der Waals surface area contributed by atoms with Gasteiger partial charge in [0.15, 0.2) is 0 Å². The Morgan fingerprint density at radius 2 is 1.00 bits per heavy atom. The highest BCUT2D eigenvalue weighted by Gasteiger charge is 2.09. The van der Waals surface area contributed by atoms with Gasteiger partial charge in [-0.25, -0.2) is 0 Å². The largest absolute Gasteiger partial charge is 0.312 e. The van der Waals surface area contributed by atoms with Gasteiger partial charge in [-0.15, -0.1) is 0 Å². The summed E-state index contributed by atoms with van der Waals surface area (Å²) in [5.74, 6) is 4.46. The second-order valence-corrected chi connectivity index (χ2v) is 8.95. The summed E-state index contributed by atoms with van der Waals surface area (Å²) in [6, 6.07) is 32.8. The molecule has 0 radical (unpaired) electrons. The van der Waals surface area contributed by atoms with E-state index in [1.165, 1.54) is 16.7 Å². The first kappa shape index (κ1) is 21.0. The van der Waals surface area contributed by atoms with Gasteiger partial charge in [0.1, 0.15) is 0 Å². The van der Waals surface area contributed by atoms with Crippen molar-refractivity contribution in [2.24, 2.45) is 0 Å². The highest BCUT2D eigenvalue weighted by molar-refractivity contribution is 7.99. The van der Waals surface area contributed by atoms with Gasteiger partial charge in [0.25, 0.3) is 0 Å². The summed E-state index contributed by atoms with van der Waals surface area (Å²) in [6.45, 7) is 1.03. The zero-order valence-electron chi connectivity index (χ0n) is 16.3. The Labute approximate surface area is 178 Å². The van der Waals surface area contributed by atoms with Crippen LogP contribution in [0.25, 0.3) is 0 Å². The predicted octanol–water partition coefficient (Wildman–Crippen LogP) is 6.05. The van der Waals surface area contributed by atoms with Crippen LogP contribution in [0.15, 0.2) is 91.0 Å². The van der Waals surface area contributed by atoms with Crippen molar-refractivity contribution in [1.29, 1.82) is 0 Å². The van der Waals surface area contributed by atoms with Crippen molar-refractivity contribution in [2.45, 2.75) is 24.0 Å². The molecule has 0 spiro atoms. The van der Waals surface area contributed by atoms with E-state index in [1.807, 2.05) is 23.5 Å². The molecule has 0 aliphatic rings. The van der Waals surface area contributed by atoms with Crippen molar-refractivity contribution >= 4 is 23.5 Å². The lowest BCUT2D eigenvalue weighted by Crippen LogP contribution is -2.35. The van der Waals surface area contributed by atoms with Crippen LogP contribution in [0.3, 0.4) is 0 Å². The van der Waals surface area contributed by atoms with Crippen molar-refractivity contribution in [2.75, 3.05) is 18.1 Å². The topological polar surface area (TPSA) is 12.0 Å². The van der Waals surface area contributed by atoms with Gasteiger partial charge in [0.05, 0.1) is 0 Å². The molecule has 0 unspecified atom stereocenters. The van der Waals surface area contributed by atoms with Gasteiger partial charge in [-0.2, -0.15) is 23.5 Å². The molecule has 0 aliphatic carbocycles. The monoisotopic (exact) mass is 407 g/mol. The van der Waals surface area contributed by atoms with Crippen molar-refractivity contribution in [3.05, 3.63) is 108 Å². The first-order valence-corrected chi connectivity index (χ1v) is 12.2. The zero-order valence-corrected chi connectivity index (χ0v) is 17.9. The number of rotatable bonds is 12. The van der Waals surface area contributed by atoms with E-state index >= 15 is 0 Å². The van der Waals surface area contributed by atoms with E-state index in [9.17, 15) is 0 Å². The molecule has 0 amide bonds. The van der Waals surface area contributed by atoms with Crippen molar-refractivity contribution < 1.29 is 0 Å². The predicted molar refractivity (Wildman–Crippen MR) is 127 cm³/mol. The minimum atomic E-state index is 0.533. The summed E-state index contributed by atoms with van der Waals surface area (Å²) in [5.41, 5.74) is 4.22. The van der Waals surface area contributed by atoms with Crippen LogP contribution in [-0.4, -0.2) is 24.1 Å². The van der Waals surface area contributed by atoms with Gasteiger partial charge in [-0.05, 0) is 29.7 Å². The molecule has 0 atom stereocenters. The Bertz CT molecular complexity index is 654. The molecule has 0 saturated heterocycles. The smallest absolute Gasteiger partial charge is 0.0249 e. The second kappa shape index (κ2) is 12.7. The molecule has 0 aromatic heterocycles. The third kappa shape index (κ3) is 8.14. The highest BCUT2D eigenvalue weighted by atomic mass is 32.2. The maximum Gasteiger partial charge on any atom is 0.0249 e. The molecule has 0 heterocycles. The van der Waals surface area contributed by atoms with Crippen LogP contribution in [-0.2, 0) is 17.9 Å². The normalized spacial score (nSPS) is 11.0. The Morgan fingerprint density at radius 1 is 0.571 bits per heavy atom. The van der Waals surface area contributed by atoms with Crippen LogP contribution in [0.2, 0.25) is 0 Å². The summed E-state index contributed by atoms with van der Waals surface area (Å²) < 4.78 is 0. The average Bonchev–Trinajstić information content (AvgIpc) is 2.76. The number of nitrogens with one attached hydrogen (secondary N) is 1. The minimum absolute atomic E-state index is 0.533. The Kier molecular flexibility index (Phi) is 9.55. The van der Waals surface area contributed by atoms with Gasteiger partial charge < -0.3 is 5.32 Å². The van der Waals surface area contributed by atoms with Gasteiger partial charge in [-0.1, -0.05) is 91.0 Å². The van der Waals surface area contributed by atoms with E-state index in [2.05, 4.69) is 96.3 Å². The standard InChI is InChI=1S/C25H29NS2/c1-4-10-22(11-5-1)16-17-26-25(20-27-18-23-12-6-2-7-13-23)21-28-19-24-14-8-3-9-15-24/h1-15,25-26H,16-21H2. The van der Waals surface area contributed by atoms with E-state index in [0.717, 1.165) is 36.0 Å². The Morgan fingerprint density at radius 3 is 1.46 bits per heavy atom. The van der Waals surface area contributed by atoms with Crippen molar-refractivity contribution in [1.82, 2.24) is 5.32 Å². The third-order valence-corrected chi connectivity index (χ3v) is 6.90. The molecule has 3 rings (SSSR count). The van der Waals surface area contributed by atoms with Gasteiger partial charge in [-0.3, -0.25) is 0 Å². The van der Waals surface area contributed by atoms with E-state index in [4.69, 9.17) is 0 Å². The molecule has 0 saturated carbocycles. The lowest BCUT2D eigenvalue weighted by Gasteiger charge is -2.18. The van der Waals surface area contributed by atoms with Crippen LogP contribution in [0.1, 0.15) is 16.7 Å². The van der Waals surface area contributed by atoms with Crippen LogP contribution in [0.5, 0.6) is 0 Å². The maximum absolute atomic E-state index is 3.80. The van der Waals surface area contributed by atoms with Crippen LogP contribution >= 0.6 is 23.5 Å². The molecule has 1 N–H and O–H groups in total. The number of benzene rings is 3. The summed E-state index contributed by atoms with van der Waals surface area (Å²) >= 11 is 4.06. The van der Waals surface area contributed by atoms with E-state index in [-0.39, 0.29) is 0 Å². The fourth-order valence-electron chi connectivity index (χ4n) is 3.02. The summed E-state index contributed by atoms with van der Waals surface area (Å²) in [7, 11) is 0. The summed E-state index contributed by atoms with van der Waals surface area (Å²) in [6.07, 6.45) is 1.09. The molecule has 146 valence electrons. The second-order valence-electron chi connectivity index (χ2n) is 6.89. The van der Waals surface area contributed by atoms with Gasteiger partial charge >= 0.3 is 0 Å². The van der Waals surface area contributed by atoms with Crippen LogP contribution < -0.4 is 5.32 Å². The van der Waals surface area contributed by atoms with E-state index in [1.54, 1.807) is 0 Å². The average molecular weight is 408 g/mol. The Hall–Kier alpha value is -1.68. The fraction of sp³-hybridized carbons (Fsp3) is 0.280. The molecule has 3 aromatic rings. The number of thioether (sulfide) groups is 2. The lowest BCUT2D eigenvalue weighted by atomic mass is 10.1. The van der Waals surface area contributed by atoms with E-state index in [0.29, 0.717) is 6.04 Å². The van der Waals surface area contributed by atoms with Crippen molar-refractivity contribution in [3.63, 3.8) is 0 Å².